The molecule has 2 aromatic carbocycles. The van der Waals surface area contributed by atoms with Gasteiger partial charge in [0.15, 0.2) is 18.0 Å². The summed E-state index contributed by atoms with van der Waals surface area (Å²) in [6, 6.07) is 7.89. The summed E-state index contributed by atoms with van der Waals surface area (Å²) in [4.78, 5) is 25.5. The quantitative estimate of drug-likeness (QED) is 0.104. The molecule has 0 saturated heterocycles. The highest BCUT2D eigenvalue weighted by molar-refractivity contribution is 6.02. The van der Waals surface area contributed by atoms with Crippen molar-refractivity contribution in [2.24, 2.45) is 0 Å². The zero-order valence-electron chi connectivity index (χ0n) is 22.6. The van der Waals surface area contributed by atoms with E-state index in [2.05, 4.69) is 5.32 Å². The minimum atomic E-state index is -0.661. The lowest BCUT2D eigenvalue weighted by Crippen LogP contribution is -2.56. The van der Waals surface area contributed by atoms with Crippen molar-refractivity contribution in [3.05, 3.63) is 42.0 Å². The zero-order valence-corrected chi connectivity index (χ0v) is 22.6. The number of esters is 1. The van der Waals surface area contributed by atoms with Gasteiger partial charge in [-0.25, -0.2) is 4.79 Å². The summed E-state index contributed by atoms with van der Waals surface area (Å²) in [5, 5.41) is 31.0. The van der Waals surface area contributed by atoms with E-state index in [0.717, 1.165) is 0 Å². The molecule has 39 heavy (non-hydrogen) atoms. The van der Waals surface area contributed by atoms with Crippen molar-refractivity contribution in [3.63, 3.8) is 0 Å². The number of aliphatic hydroxyl groups is 3. The topological polar surface area (TPSA) is 153 Å². The van der Waals surface area contributed by atoms with Gasteiger partial charge in [0.2, 0.25) is 5.91 Å². The average Bonchev–Trinajstić information content (AvgIpc) is 2.91. The van der Waals surface area contributed by atoms with Crippen molar-refractivity contribution in [3.8, 4) is 28.7 Å². The molecule has 0 radical (unpaired) electrons. The standard InChI is InChI=1S/C27H36N2O10/c1-35-20-16-23(37-3)21(24(17-20)38-4)6-8-26(33)28-19-5-7-22(36-2)25(15-19)39-27(34)18-29(9-12-30,10-13-31)11-14-32/h5-8,15-17,30-32H,9-14,18H2,1-4H3/p+1. The number of aliphatic hydroxyl groups excluding tert-OH is 3. The largest absolute Gasteiger partial charge is 0.496 e. The van der Waals surface area contributed by atoms with E-state index in [1.54, 1.807) is 18.2 Å². The van der Waals surface area contributed by atoms with Gasteiger partial charge in [0, 0.05) is 30.0 Å². The summed E-state index contributed by atoms with van der Waals surface area (Å²) in [6.07, 6.45) is 2.84. The van der Waals surface area contributed by atoms with Crippen LogP contribution in [-0.2, 0) is 9.59 Å². The van der Waals surface area contributed by atoms with Crippen LogP contribution in [0.3, 0.4) is 0 Å². The molecular weight excluding hydrogens is 512 g/mol. The molecule has 0 aromatic heterocycles. The first-order valence-electron chi connectivity index (χ1n) is 12.1. The van der Waals surface area contributed by atoms with Gasteiger partial charge in [-0.2, -0.15) is 0 Å². The van der Waals surface area contributed by atoms with E-state index in [1.807, 2.05) is 0 Å². The number of carbonyl (C=O) groups is 2. The van der Waals surface area contributed by atoms with Crippen LogP contribution in [-0.4, -0.2) is 106 Å². The Hall–Kier alpha value is -3.84. The summed E-state index contributed by atoms with van der Waals surface area (Å²) < 4.78 is 26.8. The number of methoxy groups -OCH3 is 4. The van der Waals surface area contributed by atoms with Crippen LogP contribution in [0.25, 0.3) is 6.08 Å². The number of rotatable bonds is 16. The van der Waals surface area contributed by atoms with E-state index >= 15 is 0 Å². The fourth-order valence-corrected chi connectivity index (χ4v) is 4.01. The van der Waals surface area contributed by atoms with E-state index in [4.69, 9.17) is 23.7 Å². The first kappa shape index (κ1) is 31.4. The van der Waals surface area contributed by atoms with Gasteiger partial charge < -0.3 is 48.8 Å². The Morgan fingerprint density at radius 1 is 0.795 bits per heavy atom. The summed E-state index contributed by atoms with van der Waals surface area (Å²) in [5.74, 6) is 0.629. The number of ether oxygens (including phenoxy) is 5. The monoisotopic (exact) mass is 549 g/mol. The second-order valence-corrected chi connectivity index (χ2v) is 8.45. The molecule has 0 aliphatic carbocycles. The molecule has 0 spiro atoms. The molecule has 1 amide bonds. The molecule has 4 N–H and O–H groups in total. The van der Waals surface area contributed by atoms with Crippen LogP contribution in [0.4, 0.5) is 5.69 Å². The Bertz CT molecular complexity index is 1090. The number of anilines is 1. The van der Waals surface area contributed by atoms with E-state index in [9.17, 15) is 24.9 Å². The molecule has 0 heterocycles. The van der Waals surface area contributed by atoms with Gasteiger partial charge in [-0.05, 0) is 18.2 Å². The van der Waals surface area contributed by atoms with Crippen molar-refractivity contribution in [2.75, 3.05) is 79.8 Å². The van der Waals surface area contributed by atoms with Crippen LogP contribution in [0, 0.1) is 0 Å². The van der Waals surface area contributed by atoms with Crippen LogP contribution in [0.15, 0.2) is 36.4 Å². The third-order valence-corrected chi connectivity index (χ3v) is 6.00. The maximum absolute atomic E-state index is 12.8. The van der Waals surface area contributed by atoms with Crippen LogP contribution in [0.1, 0.15) is 5.56 Å². The lowest BCUT2D eigenvalue weighted by Gasteiger charge is -2.36. The maximum Gasteiger partial charge on any atom is 0.367 e. The fourth-order valence-electron chi connectivity index (χ4n) is 4.01. The lowest BCUT2D eigenvalue weighted by molar-refractivity contribution is -0.922. The molecule has 0 saturated carbocycles. The van der Waals surface area contributed by atoms with Gasteiger partial charge >= 0.3 is 5.97 Å². The zero-order chi connectivity index (χ0) is 28.8. The predicted molar refractivity (Wildman–Crippen MR) is 143 cm³/mol. The smallest absolute Gasteiger partial charge is 0.367 e. The van der Waals surface area contributed by atoms with Crippen molar-refractivity contribution in [1.82, 2.24) is 0 Å². The molecule has 0 unspecified atom stereocenters. The molecule has 0 bridgehead atoms. The first-order chi connectivity index (χ1) is 18.8. The molecule has 0 atom stereocenters. The minimum absolute atomic E-state index is 0.0514. The molecule has 0 aliphatic heterocycles. The van der Waals surface area contributed by atoms with Gasteiger partial charge in [-0.3, -0.25) is 4.79 Å². The van der Waals surface area contributed by atoms with Gasteiger partial charge in [0.1, 0.15) is 36.9 Å². The Balaban J connectivity index is 2.22. The Kier molecular flexibility index (Phi) is 12.5. The van der Waals surface area contributed by atoms with Gasteiger partial charge in [-0.15, -0.1) is 0 Å². The predicted octanol–water partition coefficient (Wildman–Crippen LogP) is 1.07. The normalized spacial score (nSPS) is 11.3. The van der Waals surface area contributed by atoms with Crippen LogP contribution in [0.2, 0.25) is 0 Å². The second-order valence-electron chi connectivity index (χ2n) is 8.45. The Labute approximate surface area is 227 Å². The number of benzene rings is 2. The number of hydrogen-bond acceptors (Lipinski definition) is 10. The Morgan fingerprint density at radius 2 is 1.36 bits per heavy atom. The third kappa shape index (κ3) is 8.86. The molecule has 0 fully saturated rings. The minimum Gasteiger partial charge on any atom is -0.496 e. The molecule has 12 nitrogen and oxygen atoms in total. The van der Waals surface area contributed by atoms with E-state index in [0.29, 0.717) is 28.5 Å². The number of amides is 1. The summed E-state index contributed by atoms with van der Waals surface area (Å²) in [6.45, 7) is -0.450. The fraction of sp³-hybridized carbons (Fsp3) is 0.407. The first-order valence-corrected chi connectivity index (χ1v) is 12.1. The third-order valence-electron chi connectivity index (χ3n) is 6.00. The number of nitrogens with one attached hydrogen (secondary N) is 1. The molecule has 0 aliphatic rings. The van der Waals surface area contributed by atoms with E-state index in [1.165, 1.54) is 52.7 Å². The van der Waals surface area contributed by atoms with Crippen molar-refractivity contribution >= 4 is 23.6 Å². The lowest BCUT2D eigenvalue weighted by atomic mass is 10.1. The highest BCUT2D eigenvalue weighted by Gasteiger charge is 2.31. The van der Waals surface area contributed by atoms with Crippen LogP contribution in [0.5, 0.6) is 28.7 Å². The van der Waals surface area contributed by atoms with Crippen molar-refractivity contribution in [2.45, 2.75) is 0 Å². The summed E-state index contributed by atoms with van der Waals surface area (Å²) >= 11 is 0. The highest BCUT2D eigenvalue weighted by Crippen LogP contribution is 2.35. The molecule has 214 valence electrons. The molecule has 12 heteroatoms. The highest BCUT2D eigenvalue weighted by atomic mass is 16.6. The molecule has 2 aromatic rings. The van der Waals surface area contributed by atoms with Crippen molar-refractivity contribution < 1.29 is 53.1 Å². The number of quaternary nitrogens is 1. The molecule has 2 rings (SSSR count). The average molecular weight is 550 g/mol. The van der Waals surface area contributed by atoms with Gasteiger partial charge in [0.05, 0.1) is 53.8 Å². The van der Waals surface area contributed by atoms with Crippen molar-refractivity contribution in [1.29, 1.82) is 0 Å². The maximum atomic E-state index is 12.8. The second kappa shape index (κ2) is 15.5. The van der Waals surface area contributed by atoms with Crippen LogP contribution >= 0.6 is 0 Å². The van der Waals surface area contributed by atoms with Crippen LogP contribution < -0.4 is 29.0 Å². The number of carbonyl (C=O) groups excluding carboxylic acids is 2. The summed E-state index contributed by atoms with van der Waals surface area (Å²) in [5.41, 5.74) is 0.874. The summed E-state index contributed by atoms with van der Waals surface area (Å²) in [7, 11) is 5.91. The van der Waals surface area contributed by atoms with Gasteiger partial charge in [0.25, 0.3) is 0 Å². The van der Waals surface area contributed by atoms with Gasteiger partial charge in [-0.1, -0.05) is 0 Å². The SMILES string of the molecule is COc1cc(OC)c(C=CC(=O)Nc2ccc(OC)c(OC(=O)C[N+](CCO)(CCO)CCO)c2)c(OC)c1. The number of nitrogens with zero attached hydrogens (tertiary/aromatic N) is 1. The van der Waals surface area contributed by atoms with E-state index in [-0.39, 0.29) is 62.0 Å². The number of hydrogen-bond donors (Lipinski definition) is 4. The Morgan fingerprint density at radius 3 is 1.85 bits per heavy atom. The van der Waals surface area contributed by atoms with E-state index < -0.39 is 11.9 Å². The molecular formula is C27H37N2O10+.